The molecule has 0 bridgehead atoms. The number of nitriles is 1. The number of benzene rings is 3. The van der Waals surface area contributed by atoms with Gasteiger partial charge in [0.2, 0.25) is 5.91 Å². The third kappa shape index (κ3) is 8.85. The number of pyridine rings is 1. The van der Waals surface area contributed by atoms with Gasteiger partial charge in [-0.2, -0.15) is 5.26 Å². The Morgan fingerprint density at radius 1 is 1.00 bits per heavy atom. The number of halogens is 4. The fourth-order valence-electron chi connectivity index (χ4n) is 7.15. The molecule has 4 aromatic rings. The van der Waals surface area contributed by atoms with Gasteiger partial charge in [-0.3, -0.25) is 14.7 Å². The lowest BCUT2D eigenvalue weighted by Gasteiger charge is -2.38. The molecule has 276 valence electrons. The van der Waals surface area contributed by atoms with Crippen LogP contribution < -0.4 is 24.8 Å². The Bertz CT molecular complexity index is 2020. The molecule has 2 aliphatic heterocycles. The molecule has 2 N–H and O–H groups in total. The molecular weight excluding hydrogens is 723 g/mol. The van der Waals surface area contributed by atoms with Crippen molar-refractivity contribution in [3.8, 4) is 34.4 Å². The molecule has 2 atom stereocenters. The second-order valence-electron chi connectivity index (χ2n) is 13.7. The lowest BCUT2D eigenvalue weighted by atomic mass is 9.96. The normalized spacial score (nSPS) is 18.9. The minimum atomic E-state index is -2.58. The smallest absolute Gasteiger partial charge is 0.272 e. The quantitative estimate of drug-likeness (QED) is 0.119. The second kappa shape index (κ2) is 16.3. The van der Waals surface area contributed by atoms with Crippen LogP contribution >= 0.6 is 23.2 Å². The van der Waals surface area contributed by atoms with Gasteiger partial charge in [0, 0.05) is 67.2 Å². The number of nitrogens with zero attached hydrogens (tertiary/aromatic N) is 3. The molecule has 0 saturated carbocycles. The van der Waals surface area contributed by atoms with E-state index in [0.29, 0.717) is 71.9 Å². The summed E-state index contributed by atoms with van der Waals surface area (Å²) in [5, 5.41) is 16.7. The summed E-state index contributed by atoms with van der Waals surface area (Å²) >= 11 is 13.8. The van der Waals surface area contributed by atoms with Crippen molar-refractivity contribution in [2.75, 3.05) is 32.8 Å². The predicted molar refractivity (Wildman–Crippen MR) is 198 cm³/mol. The van der Waals surface area contributed by atoms with Crippen LogP contribution in [0, 0.1) is 11.3 Å². The summed E-state index contributed by atoms with van der Waals surface area (Å²) < 4.78 is 45.2. The maximum absolute atomic E-state index is 13.2. The number of aromatic nitrogens is 1. The Hall–Kier alpha value is -4.47. The van der Waals surface area contributed by atoms with Gasteiger partial charge in [-0.25, -0.2) is 8.78 Å². The second-order valence-corrected chi connectivity index (χ2v) is 14.5. The Morgan fingerprint density at radius 2 is 1.83 bits per heavy atom. The number of fused-ring (bicyclic) bond motifs is 1. The van der Waals surface area contributed by atoms with Crippen LogP contribution in [0.1, 0.15) is 59.6 Å². The van der Waals surface area contributed by atoms with Crippen LogP contribution in [0.4, 0.5) is 8.78 Å². The van der Waals surface area contributed by atoms with Crippen LogP contribution in [0.3, 0.4) is 0 Å². The topological polar surface area (TPSA) is 109 Å². The van der Waals surface area contributed by atoms with Crippen molar-refractivity contribution in [3.63, 3.8) is 0 Å². The third-order valence-electron chi connectivity index (χ3n) is 9.75. The van der Waals surface area contributed by atoms with Gasteiger partial charge in [0.05, 0.1) is 35.3 Å². The molecule has 0 unspecified atom stereocenters. The number of nitrogens with one attached hydrogen (secondary N) is 2. The van der Waals surface area contributed by atoms with Gasteiger partial charge in [0.1, 0.15) is 36.0 Å². The largest absolute Gasteiger partial charge is 0.492 e. The first-order valence-electron chi connectivity index (χ1n) is 17.8. The Labute approximate surface area is 317 Å². The first-order chi connectivity index (χ1) is 25.7. The van der Waals surface area contributed by atoms with Gasteiger partial charge in [-0.05, 0) is 60.6 Å². The molecule has 0 spiro atoms. The van der Waals surface area contributed by atoms with Crippen LogP contribution in [0.2, 0.25) is 10.0 Å². The highest BCUT2D eigenvalue weighted by Gasteiger charge is 2.43. The van der Waals surface area contributed by atoms with Crippen LogP contribution in [-0.2, 0) is 24.4 Å². The number of hydrogen-bond donors (Lipinski definition) is 2. The number of carbonyl (C=O) groups is 1. The van der Waals surface area contributed by atoms with Crippen molar-refractivity contribution in [1.29, 1.82) is 5.26 Å². The minimum absolute atomic E-state index is 0.0633. The van der Waals surface area contributed by atoms with E-state index in [1.54, 1.807) is 17.2 Å². The van der Waals surface area contributed by atoms with Gasteiger partial charge >= 0.3 is 0 Å². The Balaban J connectivity index is 1.06. The van der Waals surface area contributed by atoms with E-state index in [1.165, 1.54) is 6.20 Å². The van der Waals surface area contributed by atoms with Crippen LogP contribution in [0.15, 0.2) is 67.0 Å². The van der Waals surface area contributed by atoms with Crippen molar-refractivity contribution >= 4 is 29.1 Å². The van der Waals surface area contributed by atoms with Crippen molar-refractivity contribution < 1.29 is 27.8 Å². The number of carbonyl (C=O) groups excluding carboxylic acids is 1. The highest BCUT2D eigenvalue weighted by Crippen LogP contribution is 2.45. The summed E-state index contributed by atoms with van der Waals surface area (Å²) in [7, 11) is 0. The van der Waals surface area contributed by atoms with Gasteiger partial charge in [-0.1, -0.05) is 53.5 Å². The van der Waals surface area contributed by atoms with Crippen LogP contribution in [0.5, 0.6) is 17.2 Å². The maximum Gasteiger partial charge on any atom is 0.272 e. The van der Waals surface area contributed by atoms with E-state index in [-0.39, 0.29) is 37.7 Å². The molecule has 3 heterocycles. The summed E-state index contributed by atoms with van der Waals surface area (Å²) in [4.78, 5) is 17.5. The molecule has 3 aromatic carbocycles. The molecule has 2 fully saturated rings. The van der Waals surface area contributed by atoms with Gasteiger partial charge in [0.25, 0.3) is 5.92 Å². The summed E-state index contributed by atoms with van der Waals surface area (Å²) in [5.74, 6) is -0.899. The number of rotatable bonds is 15. The lowest BCUT2D eigenvalue weighted by molar-refractivity contribution is -0.130. The van der Waals surface area contributed by atoms with E-state index in [9.17, 15) is 18.8 Å². The number of amides is 1. The molecule has 1 amide bonds. The van der Waals surface area contributed by atoms with E-state index >= 15 is 0 Å². The molecule has 13 heteroatoms. The standard InChI is InChI=1S/C40H39Cl2F2N5O4/c41-33-15-27(20-47-21-28-8-11-38(50)48-28)36(52-22-26-14-25(17-45)18-46-19-26)16-37(33)53-34-10-9-30-29(4-1-5-31(30)34)32-6-2-7-35(39(32)42)51-13-3-12-49-23-40(43,44)24-49/h1-2,4-7,14-16,18-19,28,34,47H,3,8-13,20-24H2,(H,48,50)/t28-,34+/m1/s1. The highest BCUT2D eigenvalue weighted by molar-refractivity contribution is 6.35. The van der Waals surface area contributed by atoms with Crippen LogP contribution in [0.25, 0.3) is 11.1 Å². The lowest BCUT2D eigenvalue weighted by Crippen LogP contribution is -2.56. The molecule has 9 nitrogen and oxygen atoms in total. The first-order valence-corrected chi connectivity index (χ1v) is 18.5. The zero-order valence-corrected chi connectivity index (χ0v) is 30.5. The van der Waals surface area contributed by atoms with E-state index in [0.717, 1.165) is 52.6 Å². The average Bonchev–Trinajstić information content (AvgIpc) is 3.75. The van der Waals surface area contributed by atoms with E-state index in [1.807, 2.05) is 42.5 Å². The summed E-state index contributed by atoms with van der Waals surface area (Å²) in [6.45, 7) is 1.77. The Morgan fingerprint density at radius 3 is 2.62 bits per heavy atom. The summed E-state index contributed by atoms with van der Waals surface area (Å²) in [5.41, 5.74) is 6.03. The molecule has 7 rings (SSSR count). The molecule has 3 aliphatic rings. The van der Waals surface area contributed by atoms with Gasteiger partial charge in [-0.15, -0.1) is 0 Å². The maximum atomic E-state index is 13.2. The average molecular weight is 763 g/mol. The predicted octanol–water partition coefficient (Wildman–Crippen LogP) is 7.66. The third-order valence-corrected chi connectivity index (χ3v) is 10.4. The van der Waals surface area contributed by atoms with Crippen molar-refractivity contribution in [2.24, 2.45) is 0 Å². The van der Waals surface area contributed by atoms with E-state index in [2.05, 4.69) is 27.8 Å². The number of hydrogen-bond acceptors (Lipinski definition) is 8. The van der Waals surface area contributed by atoms with Crippen molar-refractivity contribution in [1.82, 2.24) is 20.5 Å². The molecular formula is C40H39Cl2F2N5O4. The van der Waals surface area contributed by atoms with Gasteiger partial charge < -0.3 is 24.8 Å². The summed E-state index contributed by atoms with van der Waals surface area (Å²) in [6, 6.07) is 19.4. The Kier molecular flexibility index (Phi) is 11.3. The number of likely N-dealkylation sites (tertiary alicyclic amines) is 1. The fraction of sp³-hybridized carbons (Fsp3) is 0.375. The SMILES string of the molecule is N#Cc1cncc(COc2cc(O[C@H]3CCc4c(-c5cccc(OCCCN6CC(F)(F)C6)c5Cl)cccc43)c(Cl)cc2CNC[C@H]2CCC(=O)N2)c1. The monoisotopic (exact) mass is 761 g/mol. The van der Waals surface area contributed by atoms with E-state index < -0.39 is 5.92 Å². The zero-order chi connectivity index (χ0) is 37.0. The summed E-state index contributed by atoms with van der Waals surface area (Å²) in [6.07, 6.45) is 6.32. The fourth-order valence-corrected chi connectivity index (χ4v) is 7.66. The minimum Gasteiger partial charge on any atom is -0.492 e. The van der Waals surface area contributed by atoms with Crippen molar-refractivity contribution in [2.45, 2.75) is 63.3 Å². The molecule has 1 aromatic heterocycles. The number of ether oxygens (including phenoxy) is 3. The molecule has 2 saturated heterocycles. The van der Waals surface area contributed by atoms with Gasteiger partial charge in [0.15, 0.2) is 0 Å². The zero-order valence-electron chi connectivity index (χ0n) is 29.0. The van der Waals surface area contributed by atoms with Crippen LogP contribution in [-0.4, -0.2) is 60.5 Å². The first kappa shape index (κ1) is 36.9. The van der Waals surface area contributed by atoms with Crippen molar-refractivity contribution in [3.05, 3.63) is 105 Å². The highest BCUT2D eigenvalue weighted by atomic mass is 35.5. The van der Waals surface area contributed by atoms with E-state index in [4.69, 9.17) is 37.4 Å². The molecule has 0 radical (unpaired) electrons. The number of alkyl halides is 2. The molecule has 53 heavy (non-hydrogen) atoms. The molecule has 1 aliphatic carbocycles.